The van der Waals surface area contributed by atoms with Crippen LogP contribution in [0.25, 0.3) is 0 Å². The molecule has 2 aliphatic heterocycles. The molecule has 0 amide bonds. The SMILES string of the molecule is COC(=O)/C=C/C12N=CC(N1)n1c(=O)n(C)c(=O)n12. The van der Waals surface area contributed by atoms with Crippen LogP contribution in [0.4, 0.5) is 0 Å². The predicted molar refractivity (Wildman–Crippen MR) is 63.7 cm³/mol. The van der Waals surface area contributed by atoms with Crippen molar-refractivity contribution in [2.75, 3.05) is 7.11 Å². The molecule has 100 valence electrons. The highest BCUT2D eigenvalue weighted by atomic mass is 16.5. The van der Waals surface area contributed by atoms with Crippen LogP contribution in [-0.4, -0.2) is 33.2 Å². The van der Waals surface area contributed by atoms with E-state index in [1.807, 2.05) is 0 Å². The maximum Gasteiger partial charge on any atom is 0.350 e. The normalized spacial score (nSPS) is 27.2. The summed E-state index contributed by atoms with van der Waals surface area (Å²) < 4.78 is 7.92. The highest BCUT2D eigenvalue weighted by Crippen LogP contribution is 2.29. The number of rotatable bonds is 2. The number of esters is 1. The van der Waals surface area contributed by atoms with Crippen LogP contribution in [0.3, 0.4) is 0 Å². The minimum Gasteiger partial charge on any atom is -0.466 e. The Hall–Kier alpha value is -2.42. The summed E-state index contributed by atoms with van der Waals surface area (Å²) >= 11 is 0. The van der Waals surface area contributed by atoms with Crippen LogP contribution in [0, 0.1) is 0 Å². The van der Waals surface area contributed by atoms with Crippen molar-refractivity contribution in [3.8, 4) is 0 Å². The Morgan fingerprint density at radius 1 is 1.53 bits per heavy atom. The van der Waals surface area contributed by atoms with Gasteiger partial charge in [-0.15, -0.1) is 0 Å². The number of hydrogen-bond acceptors (Lipinski definition) is 6. The molecule has 2 unspecified atom stereocenters. The lowest BCUT2D eigenvalue weighted by Gasteiger charge is -2.18. The molecule has 0 fully saturated rings. The molecule has 2 aliphatic rings. The molecule has 19 heavy (non-hydrogen) atoms. The molecule has 1 N–H and O–H groups in total. The number of carbonyl (C=O) groups is 1. The molecular formula is C10H11N5O4. The lowest BCUT2D eigenvalue weighted by Crippen LogP contribution is -2.43. The summed E-state index contributed by atoms with van der Waals surface area (Å²) in [7, 11) is 2.64. The second-order valence-corrected chi connectivity index (χ2v) is 4.23. The topological polar surface area (TPSA) is 99.6 Å². The van der Waals surface area contributed by atoms with Crippen molar-refractivity contribution in [2.24, 2.45) is 12.0 Å². The predicted octanol–water partition coefficient (Wildman–Crippen LogP) is -2.13. The van der Waals surface area contributed by atoms with Crippen LogP contribution in [0.1, 0.15) is 6.17 Å². The maximum absolute atomic E-state index is 12.0. The second kappa shape index (κ2) is 3.54. The summed E-state index contributed by atoms with van der Waals surface area (Å²) in [4.78, 5) is 39.2. The smallest absolute Gasteiger partial charge is 0.350 e. The first kappa shape index (κ1) is 11.7. The van der Waals surface area contributed by atoms with E-state index in [9.17, 15) is 14.4 Å². The molecule has 1 aromatic rings. The molecule has 0 aromatic carbocycles. The van der Waals surface area contributed by atoms with E-state index in [0.29, 0.717) is 0 Å². The van der Waals surface area contributed by atoms with Gasteiger partial charge in [0.2, 0.25) is 5.79 Å². The van der Waals surface area contributed by atoms with Gasteiger partial charge in [0, 0.05) is 19.3 Å². The number of aromatic nitrogens is 3. The fourth-order valence-corrected chi connectivity index (χ4v) is 2.24. The first-order chi connectivity index (χ1) is 9.00. The molecule has 0 spiro atoms. The first-order valence-electron chi connectivity index (χ1n) is 5.51. The van der Waals surface area contributed by atoms with Gasteiger partial charge >= 0.3 is 17.3 Å². The molecule has 9 heteroatoms. The summed E-state index contributed by atoms with van der Waals surface area (Å²) in [5.74, 6) is -1.81. The van der Waals surface area contributed by atoms with Gasteiger partial charge in [-0.05, 0) is 6.08 Å². The molecule has 3 rings (SSSR count). The molecular weight excluding hydrogens is 254 g/mol. The van der Waals surface area contributed by atoms with Gasteiger partial charge in [-0.1, -0.05) is 0 Å². The van der Waals surface area contributed by atoms with Gasteiger partial charge in [-0.3, -0.25) is 0 Å². The van der Waals surface area contributed by atoms with E-state index < -0.39 is 29.3 Å². The average molecular weight is 265 g/mol. The van der Waals surface area contributed by atoms with Crippen LogP contribution in [0.2, 0.25) is 0 Å². The number of methoxy groups -OCH3 is 1. The van der Waals surface area contributed by atoms with Crippen molar-refractivity contribution in [3.05, 3.63) is 33.1 Å². The fourth-order valence-electron chi connectivity index (χ4n) is 2.24. The number of nitrogens with zero attached hydrogens (tertiary/aromatic N) is 4. The van der Waals surface area contributed by atoms with Gasteiger partial charge in [0.15, 0.2) is 0 Å². The Morgan fingerprint density at radius 2 is 2.26 bits per heavy atom. The number of hydrogen-bond donors (Lipinski definition) is 1. The molecule has 2 bridgehead atoms. The third kappa shape index (κ3) is 1.32. The van der Waals surface area contributed by atoms with Crippen molar-refractivity contribution >= 4 is 12.2 Å². The highest BCUT2D eigenvalue weighted by molar-refractivity contribution is 5.82. The molecule has 2 atom stereocenters. The minimum atomic E-state index is -1.24. The average Bonchev–Trinajstić information content (AvgIpc) is 3.04. The summed E-state index contributed by atoms with van der Waals surface area (Å²) in [5, 5.41) is 2.97. The lowest BCUT2D eigenvalue weighted by molar-refractivity contribution is -0.134. The van der Waals surface area contributed by atoms with Gasteiger partial charge in [0.1, 0.15) is 6.17 Å². The third-order valence-electron chi connectivity index (χ3n) is 3.18. The Labute approximate surface area is 106 Å². The molecule has 0 radical (unpaired) electrons. The quantitative estimate of drug-likeness (QED) is 0.486. The molecule has 9 nitrogen and oxygen atoms in total. The largest absolute Gasteiger partial charge is 0.466 e. The van der Waals surface area contributed by atoms with Crippen LogP contribution in [0.15, 0.2) is 26.7 Å². The zero-order valence-corrected chi connectivity index (χ0v) is 10.2. The van der Waals surface area contributed by atoms with E-state index in [2.05, 4.69) is 15.0 Å². The van der Waals surface area contributed by atoms with E-state index >= 15 is 0 Å². The van der Waals surface area contributed by atoms with E-state index in [1.165, 1.54) is 35.8 Å². The summed E-state index contributed by atoms with van der Waals surface area (Å²) in [6, 6.07) is 0. The number of ether oxygens (including phenoxy) is 1. The monoisotopic (exact) mass is 265 g/mol. The van der Waals surface area contributed by atoms with E-state index in [-0.39, 0.29) is 0 Å². The van der Waals surface area contributed by atoms with Crippen molar-refractivity contribution in [2.45, 2.75) is 12.0 Å². The molecule has 0 aliphatic carbocycles. The Morgan fingerprint density at radius 3 is 2.95 bits per heavy atom. The van der Waals surface area contributed by atoms with Crippen molar-refractivity contribution < 1.29 is 9.53 Å². The van der Waals surface area contributed by atoms with Crippen molar-refractivity contribution in [3.63, 3.8) is 0 Å². The van der Waals surface area contributed by atoms with Crippen molar-refractivity contribution in [1.82, 2.24) is 19.2 Å². The zero-order valence-electron chi connectivity index (χ0n) is 10.2. The highest BCUT2D eigenvalue weighted by Gasteiger charge is 2.48. The Kier molecular flexibility index (Phi) is 2.17. The van der Waals surface area contributed by atoms with Gasteiger partial charge in [0.05, 0.1) is 7.11 Å². The first-order valence-corrected chi connectivity index (χ1v) is 5.51. The van der Waals surface area contributed by atoms with Crippen LogP contribution >= 0.6 is 0 Å². The number of fused-ring (bicyclic) bond motifs is 5. The molecule has 3 heterocycles. The van der Waals surface area contributed by atoms with Crippen LogP contribution in [-0.2, 0) is 22.4 Å². The van der Waals surface area contributed by atoms with Gasteiger partial charge in [-0.2, -0.15) is 4.68 Å². The van der Waals surface area contributed by atoms with E-state index in [1.54, 1.807) is 0 Å². The third-order valence-corrected chi connectivity index (χ3v) is 3.18. The lowest BCUT2D eigenvalue weighted by atomic mass is 10.3. The summed E-state index contributed by atoms with van der Waals surface area (Å²) in [5.41, 5.74) is -0.951. The molecule has 0 saturated carbocycles. The fraction of sp³-hybridized carbons (Fsp3) is 0.400. The van der Waals surface area contributed by atoms with E-state index in [0.717, 1.165) is 10.6 Å². The van der Waals surface area contributed by atoms with E-state index in [4.69, 9.17) is 0 Å². The molecule has 1 aromatic heterocycles. The Bertz CT molecular complexity index is 736. The van der Waals surface area contributed by atoms with Gasteiger partial charge < -0.3 is 4.74 Å². The minimum absolute atomic E-state index is 0.443. The zero-order chi connectivity index (χ0) is 13.8. The number of carbonyl (C=O) groups excluding carboxylic acids is 1. The maximum atomic E-state index is 12.0. The standard InChI is InChI=1S/C10H11N5O4/c1-13-8(17)14-6-5-11-10(12-6,15(14)9(13)18)4-3-7(16)19-2/h3-6,12H,1-2H3/b4-3+. The second-order valence-electron chi connectivity index (χ2n) is 4.23. The van der Waals surface area contributed by atoms with Crippen LogP contribution < -0.4 is 16.7 Å². The van der Waals surface area contributed by atoms with Crippen molar-refractivity contribution in [1.29, 1.82) is 0 Å². The molecule has 0 saturated heterocycles. The van der Waals surface area contributed by atoms with Gasteiger partial charge in [-0.25, -0.2) is 33.9 Å². The number of aliphatic imine (C=N–C) groups is 1. The summed E-state index contributed by atoms with van der Waals surface area (Å²) in [6.07, 6.45) is 3.57. The summed E-state index contributed by atoms with van der Waals surface area (Å²) in [6.45, 7) is 0. The number of nitrogens with one attached hydrogen (secondary N) is 1. The Balaban J connectivity index is 2.18. The van der Waals surface area contributed by atoms with Crippen LogP contribution in [0.5, 0.6) is 0 Å². The van der Waals surface area contributed by atoms with Gasteiger partial charge in [0.25, 0.3) is 0 Å².